The lowest BCUT2D eigenvalue weighted by atomic mass is 10.1. The van der Waals surface area contributed by atoms with E-state index in [1.54, 1.807) is 6.07 Å². The third-order valence-electron chi connectivity index (χ3n) is 3.61. The van der Waals surface area contributed by atoms with Crippen LogP contribution in [-0.4, -0.2) is 12.5 Å². The van der Waals surface area contributed by atoms with E-state index in [4.69, 9.17) is 16.3 Å². The summed E-state index contributed by atoms with van der Waals surface area (Å²) >= 11 is 5.91. The standard InChI is InChI=1S/C19H22ClNO2/c1-13-6-7-14(2)17(11-13)21-19(22)5-4-10-23-18-9-8-16(20)12-15(18)3/h6-9,11-12H,4-5,10H2,1-3H3,(H,21,22). The number of benzene rings is 2. The van der Waals surface area contributed by atoms with Crippen LogP contribution in [0, 0.1) is 20.8 Å². The summed E-state index contributed by atoms with van der Waals surface area (Å²) < 4.78 is 5.70. The van der Waals surface area contributed by atoms with Gasteiger partial charge in [-0.05, 0) is 68.1 Å². The van der Waals surface area contributed by atoms with E-state index >= 15 is 0 Å². The monoisotopic (exact) mass is 331 g/mol. The highest BCUT2D eigenvalue weighted by atomic mass is 35.5. The van der Waals surface area contributed by atoms with Crippen LogP contribution in [0.5, 0.6) is 5.75 Å². The summed E-state index contributed by atoms with van der Waals surface area (Å²) in [7, 11) is 0. The first kappa shape index (κ1) is 17.4. The van der Waals surface area contributed by atoms with E-state index in [1.165, 1.54) is 0 Å². The number of ether oxygens (including phenoxy) is 1. The molecule has 2 aromatic carbocycles. The largest absolute Gasteiger partial charge is 0.493 e. The Balaban J connectivity index is 1.77. The zero-order valence-electron chi connectivity index (χ0n) is 13.8. The maximum Gasteiger partial charge on any atom is 0.224 e. The second kappa shape index (κ2) is 8.02. The molecule has 0 aromatic heterocycles. The lowest BCUT2D eigenvalue weighted by molar-refractivity contribution is -0.116. The van der Waals surface area contributed by atoms with Crippen molar-refractivity contribution in [2.45, 2.75) is 33.6 Å². The van der Waals surface area contributed by atoms with Crippen LogP contribution >= 0.6 is 11.6 Å². The molecule has 0 unspecified atom stereocenters. The molecule has 0 aliphatic heterocycles. The van der Waals surface area contributed by atoms with Gasteiger partial charge in [-0.15, -0.1) is 0 Å². The molecule has 0 saturated heterocycles. The van der Waals surface area contributed by atoms with Gasteiger partial charge in [-0.2, -0.15) is 0 Å². The number of rotatable bonds is 6. The zero-order valence-corrected chi connectivity index (χ0v) is 14.5. The van der Waals surface area contributed by atoms with Gasteiger partial charge < -0.3 is 10.1 Å². The SMILES string of the molecule is Cc1ccc(C)c(NC(=O)CCCOc2ccc(Cl)cc2C)c1. The molecular weight excluding hydrogens is 310 g/mol. The first-order chi connectivity index (χ1) is 11.0. The Hall–Kier alpha value is -2.00. The second-order valence-electron chi connectivity index (χ2n) is 5.73. The summed E-state index contributed by atoms with van der Waals surface area (Å²) in [5.74, 6) is 0.819. The van der Waals surface area contributed by atoms with Gasteiger partial charge in [0.25, 0.3) is 0 Å². The first-order valence-corrected chi connectivity index (χ1v) is 8.09. The van der Waals surface area contributed by atoms with Gasteiger partial charge in [-0.25, -0.2) is 0 Å². The Morgan fingerprint density at radius 1 is 1.09 bits per heavy atom. The molecule has 0 atom stereocenters. The maximum atomic E-state index is 12.0. The average molecular weight is 332 g/mol. The summed E-state index contributed by atoms with van der Waals surface area (Å²) in [6.07, 6.45) is 1.10. The van der Waals surface area contributed by atoms with Crippen molar-refractivity contribution in [1.82, 2.24) is 0 Å². The minimum absolute atomic E-state index is 0.00938. The lowest BCUT2D eigenvalue weighted by Crippen LogP contribution is -2.13. The highest BCUT2D eigenvalue weighted by molar-refractivity contribution is 6.30. The molecule has 0 aliphatic carbocycles. The van der Waals surface area contributed by atoms with Crippen molar-refractivity contribution >= 4 is 23.2 Å². The Morgan fingerprint density at radius 3 is 2.61 bits per heavy atom. The molecular formula is C19H22ClNO2. The fraction of sp³-hybridized carbons (Fsp3) is 0.316. The van der Waals surface area contributed by atoms with Gasteiger partial charge in [0, 0.05) is 17.1 Å². The van der Waals surface area contributed by atoms with Crippen LogP contribution in [0.1, 0.15) is 29.5 Å². The minimum atomic E-state index is 0.00938. The summed E-state index contributed by atoms with van der Waals surface area (Å²) in [5, 5.41) is 3.65. The van der Waals surface area contributed by atoms with Crippen LogP contribution < -0.4 is 10.1 Å². The van der Waals surface area contributed by atoms with Gasteiger partial charge in [-0.3, -0.25) is 4.79 Å². The summed E-state index contributed by atoms with van der Waals surface area (Å²) in [4.78, 5) is 12.0. The van der Waals surface area contributed by atoms with Gasteiger partial charge >= 0.3 is 0 Å². The molecule has 1 amide bonds. The van der Waals surface area contributed by atoms with Crippen molar-refractivity contribution in [2.24, 2.45) is 0 Å². The predicted octanol–water partition coefficient (Wildman–Crippen LogP) is 5.06. The molecule has 0 spiro atoms. The first-order valence-electron chi connectivity index (χ1n) is 7.72. The van der Waals surface area contributed by atoms with E-state index in [9.17, 15) is 4.79 Å². The number of nitrogens with one attached hydrogen (secondary N) is 1. The average Bonchev–Trinajstić information content (AvgIpc) is 2.49. The van der Waals surface area contributed by atoms with E-state index < -0.39 is 0 Å². The quantitative estimate of drug-likeness (QED) is 0.751. The molecule has 0 radical (unpaired) electrons. The lowest BCUT2D eigenvalue weighted by Gasteiger charge is -2.11. The van der Waals surface area contributed by atoms with Crippen LogP contribution in [0.15, 0.2) is 36.4 Å². The van der Waals surface area contributed by atoms with Gasteiger partial charge in [0.2, 0.25) is 5.91 Å². The highest BCUT2D eigenvalue weighted by Gasteiger charge is 2.06. The van der Waals surface area contributed by atoms with Crippen molar-refractivity contribution in [3.63, 3.8) is 0 Å². The van der Waals surface area contributed by atoms with E-state index in [2.05, 4.69) is 5.32 Å². The topological polar surface area (TPSA) is 38.3 Å². The second-order valence-corrected chi connectivity index (χ2v) is 6.16. The smallest absolute Gasteiger partial charge is 0.224 e. The van der Waals surface area contributed by atoms with Crippen molar-refractivity contribution in [3.05, 3.63) is 58.1 Å². The molecule has 4 heteroatoms. The molecule has 0 fully saturated rings. The van der Waals surface area contributed by atoms with E-state index in [1.807, 2.05) is 51.1 Å². The van der Waals surface area contributed by atoms with Crippen LogP contribution in [0.25, 0.3) is 0 Å². The normalized spacial score (nSPS) is 10.4. The molecule has 2 rings (SSSR count). The fourth-order valence-corrected chi connectivity index (χ4v) is 2.50. The molecule has 0 bridgehead atoms. The van der Waals surface area contributed by atoms with Crippen molar-refractivity contribution in [1.29, 1.82) is 0 Å². The fourth-order valence-electron chi connectivity index (χ4n) is 2.27. The van der Waals surface area contributed by atoms with Crippen LogP contribution in [0.3, 0.4) is 0 Å². The third-order valence-corrected chi connectivity index (χ3v) is 3.84. The Labute approximate surface area is 142 Å². The molecule has 122 valence electrons. The Morgan fingerprint density at radius 2 is 1.87 bits per heavy atom. The number of hydrogen-bond acceptors (Lipinski definition) is 2. The van der Waals surface area contributed by atoms with Crippen LogP contribution in [0.2, 0.25) is 5.02 Å². The van der Waals surface area contributed by atoms with Gasteiger partial charge in [0.15, 0.2) is 0 Å². The molecule has 2 aromatic rings. The number of anilines is 1. The summed E-state index contributed by atoms with van der Waals surface area (Å²) in [6, 6.07) is 11.6. The van der Waals surface area contributed by atoms with Crippen LogP contribution in [-0.2, 0) is 4.79 Å². The number of halogens is 1. The van der Waals surface area contributed by atoms with Crippen molar-refractivity contribution in [2.75, 3.05) is 11.9 Å². The van der Waals surface area contributed by atoms with E-state index in [-0.39, 0.29) is 5.91 Å². The minimum Gasteiger partial charge on any atom is -0.493 e. The van der Waals surface area contributed by atoms with Crippen LogP contribution in [0.4, 0.5) is 5.69 Å². The number of carbonyl (C=O) groups excluding carboxylic acids is 1. The maximum absolute atomic E-state index is 12.0. The number of aryl methyl sites for hydroxylation is 3. The Bertz CT molecular complexity index is 698. The van der Waals surface area contributed by atoms with E-state index in [0.717, 1.165) is 28.1 Å². The highest BCUT2D eigenvalue weighted by Crippen LogP contribution is 2.22. The van der Waals surface area contributed by atoms with Gasteiger partial charge in [-0.1, -0.05) is 23.7 Å². The van der Waals surface area contributed by atoms with E-state index in [0.29, 0.717) is 24.5 Å². The molecule has 23 heavy (non-hydrogen) atoms. The van der Waals surface area contributed by atoms with Crippen molar-refractivity contribution < 1.29 is 9.53 Å². The number of hydrogen-bond donors (Lipinski definition) is 1. The van der Waals surface area contributed by atoms with Crippen molar-refractivity contribution in [3.8, 4) is 5.75 Å². The zero-order chi connectivity index (χ0) is 16.8. The van der Waals surface area contributed by atoms with Gasteiger partial charge in [0.1, 0.15) is 5.75 Å². The third kappa shape index (κ3) is 5.29. The number of carbonyl (C=O) groups is 1. The Kier molecular flexibility index (Phi) is 6.05. The summed E-state index contributed by atoms with van der Waals surface area (Å²) in [5.41, 5.74) is 4.08. The predicted molar refractivity (Wildman–Crippen MR) is 95.5 cm³/mol. The van der Waals surface area contributed by atoms with Gasteiger partial charge in [0.05, 0.1) is 6.61 Å². The molecule has 0 saturated carbocycles. The number of amides is 1. The molecule has 0 aliphatic rings. The molecule has 3 nitrogen and oxygen atoms in total. The summed E-state index contributed by atoms with van der Waals surface area (Å²) in [6.45, 7) is 6.45. The molecule has 1 N–H and O–H groups in total. The molecule has 0 heterocycles.